The average Bonchev–Trinajstić information content (AvgIpc) is 0.794. The van der Waals surface area contributed by atoms with Crippen LogP contribution in [0.1, 0.15) is 345 Å². The lowest BCUT2D eigenvalue weighted by Crippen LogP contribution is -2.13. The molecule has 6 aromatic rings. The normalized spacial score (nSPS) is 11.6. The van der Waals surface area contributed by atoms with Gasteiger partial charge in [0, 0.05) is 16.7 Å². The fraction of sp³-hybridized carbons (Fsp3) is 0.600. The van der Waals surface area contributed by atoms with Crippen LogP contribution in [0.5, 0.6) is 17.2 Å². The van der Waals surface area contributed by atoms with Crippen molar-refractivity contribution in [1.82, 2.24) is 0 Å². The Morgan fingerprint density at radius 3 is 0.621 bits per heavy atom. The number of benzene rings is 6. The maximum atomic E-state index is 17.5. The Kier molecular flexibility index (Phi) is 41.1. The van der Waals surface area contributed by atoms with Crippen molar-refractivity contribution in [2.24, 2.45) is 0 Å². The number of aryl methyl sites for hydroxylation is 3. The van der Waals surface area contributed by atoms with Crippen molar-refractivity contribution in [2.45, 2.75) is 350 Å². The van der Waals surface area contributed by atoms with Gasteiger partial charge in [-0.1, -0.05) is 382 Å². The van der Waals surface area contributed by atoms with E-state index in [4.69, 9.17) is 13.6 Å². The van der Waals surface area contributed by atoms with Gasteiger partial charge in [0.15, 0.2) is 0 Å². The van der Waals surface area contributed by atoms with E-state index in [0.717, 1.165) is 113 Å². The quantitative estimate of drug-likeness (QED) is 0.0282. The summed E-state index contributed by atoms with van der Waals surface area (Å²) in [5.41, 5.74) is 14.6. The maximum absolute atomic E-state index is 17.5. The van der Waals surface area contributed by atoms with Crippen molar-refractivity contribution in [3.05, 3.63) is 161 Å². The average molecular weight is 1310 g/mol. The van der Waals surface area contributed by atoms with Crippen molar-refractivity contribution in [1.29, 1.82) is 0 Å². The van der Waals surface area contributed by atoms with Crippen LogP contribution in [-0.4, -0.2) is 0 Å². The summed E-state index contributed by atoms with van der Waals surface area (Å²) in [5.74, 6) is 1.84. The lowest BCUT2D eigenvalue weighted by molar-refractivity contribution is 0.295. The second-order valence-electron chi connectivity index (χ2n) is 28.3. The third-order valence-corrected chi connectivity index (χ3v) is 21.4. The third kappa shape index (κ3) is 29.5. The van der Waals surface area contributed by atoms with Crippen molar-refractivity contribution in [2.75, 3.05) is 0 Å². The van der Waals surface area contributed by atoms with Gasteiger partial charge in [0.2, 0.25) is 0 Å². The molecule has 0 unspecified atom stereocenters. The fourth-order valence-electron chi connectivity index (χ4n) is 14.6. The molecular formula is C90H135O4P. The van der Waals surface area contributed by atoms with Gasteiger partial charge in [-0.2, -0.15) is 4.57 Å². The van der Waals surface area contributed by atoms with Crippen LogP contribution in [0.3, 0.4) is 0 Å². The van der Waals surface area contributed by atoms with E-state index in [-0.39, 0.29) is 0 Å². The van der Waals surface area contributed by atoms with Crippen LogP contribution in [0.25, 0.3) is 33.4 Å². The topological polar surface area (TPSA) is 44.8 Å². The summed E-state index contributed by atoms with van der Waals surface area (Å²) in [6, 6.07) is 46.5. The van der Waals surface area contributed by atoms with E-state index in [1.54, 1.807) is 0 Å². The Balaban J connectivity index is 1.57. The van der Waals surface area contributed by atoms with Crippen molar-refractivity contribution in [3.8, 4) is 50.6 Å². The first-order valence-corrected chi connectivity index (χ1v) is 41.6. The van der Waals surface area contributed by atoms with E-state index in [2.05, 4.69) is 169 Å². The molecule has 0 aliphatic rings. The minimum atomic E-state index is -4.64. The monoisotopic (exact) mass is 1310 g/mol. The molecule has 0 heterocycles. The van der Waals surface area contributed by atoms with E-state index in [0.29, 0.717) is 17.2 Å². The standard InChI is InChI=1S/C90H135O4P/c1-7-13-19-25-31-37-46-64-79-70-73-85(82(67-55-40-34-28-22-16-10-4)88(79)76-58-49-43-50-59-76)92-95(91,93-86-74-71-80(65-47-38-32-26-20-14-8-2)89(77-60-51-44-52-61-77)83(86)68-56-41-35-29-23-17-11-5)94-87-75-72-81(66-48-39-33-27-21-15-9-3)90(78-62-53-45-54-63-78)84(87)69-57-42-36-30-24-18-12-6/h43-45,49-54,58-63,70-75H,7-42,46-48,55-57,64-69H2,1-6H3. The van der Waals surface area contributed by atoms with Gasteiger partial charge in [0.25, 0.3) is 0 Å². The molecule has 6 aromatic carbocycles. The Labute approximate surface area is 583 Å². The zero-order valence-electron chi connectivity index (χ0n) is 61.6. The molecule has 0 aliphatic heterocycles. The van der Waals surface area contributed by atoms with Crippen LogP contribution in [0.2, 0.25) is 0 Å². The first-order valence-electron chi connectivity index (χ1n) is 40.2. The van der Waals surface area contributed by atoms with Gasteiger partial charge < -0.3 is 13.6 Å². The Bertz CT molecular complexity index is 2630. The highest BCUT2D eigenvalue weighted by Crippen LogP contribution is 2.55. The Morgan fingerprint density at radius 2 is 0.411 bits per heavy atom. The van der Waals surface area contributed by atoms with E-state index in [1.807, 2.05) is 0 Å². The Morgan fingerprint density at radius 1 is 0.221 bits per heavy atom. The highest BCUT2D eigenvalue weighted by atomic mass is 31.2. The smallest absolute Gasteiger partial charge is 0.386 e. The summed E-state index contributed by atoms with van der Waals surface area (Å²) in [6.07, 6.45) is 57.1. The minimum Gasteiger partial charge on any atom is -0.386 e. The van der Waals surface area contributed by atoms with E-state index >= 15 is 4.57 Å². The molecule has 0 fully saturated rings. The zero-order valence-corrected chi connectivity index (χ0v) is 62.5. The molecule has 95 heavy (non-hydrogen) atoms. The Hall–Kier alpha value is -5.05. The summed E-state index contributed by atoms with van der Waals surface area (Å²) in [6.45, 7) is 13.8. The van der Waals surface area contributed by atoms with Gasteiger partial charge in [0.1, 0.15) is 17.2 Å². The fourth-order valence-corrected chi connectivity index (χ4v) is 15.9. The zero-order chi connectivity index (χ0) is 67.1. The van der Waals surface area contributed by atoms with Gasteiger partial charge in [-0.25, -0.2) is 0 Å². The molecule has 0 bridgehead atoms. The molecule has 0 aromatic heterocycles. The highest BCUT2D eigenvalue weighted by Gasteiger charge is 2.38. The molecular weight excluding hydrogens is 1180 g/mol. The molecule has 0 saturated carbocycles. The summed E-state index contributed by atoms with van der Waals surface area (Å²) in [7, 11) is -4.64. The summed E-state index contributed by atoms with van der Waals surface area (Å²) in [5, 5.41) is 0. The molecule has 0 saturated heterocycles. The molecule has 0 aliphatic carbocycles. The van der Waals surface area contributed by atoms with Gasteiger partial charge >= 0.3 is 7.82 Å². The van der Waals surface area contributed by atoms with Crippen molar-refractivity contribution in [3.63, 3.8) is 0 Å². The first-order chi connectivity index (χ1) is 46.9. The second kappa shape index (κ2) is 49.5. The lowest BCUT2D eigenvalue weighted by Gasteiger charge is -2.27. The van der Waals surface area contributed by atoms with Crippen molar-refractivity contribution < 1.29 is 18.1 Å². The van der Waals surface area contributed by atoms with Crippen LogP contribution >= 0.6 is 7.82 Å². The van der Waals surface area contributed by atoms with Crippen LogP contribution in [0.4, 0.5) is 0 Å². The van der Waals surface area contributed by atoms with Crippen LogP contribution < -0.4 is 13.6 Å². The van der Waals surface area contributed by atoms with Gasteiger partial charge in [0.05, 0.1) is 0 Å². The molecule has 4 nitrogen and oxygen atoms in total. The molecule has 5 heteroatoms. The number of unbranched alkanes of at least 4 members (excludes halogenated alkanes) is 36. The third-order valence-electron chi connectivity index (χ3n) is 20.1. The first kappa shape index (κ1) is 78.9. The number of phosphoric acid groups is 1. The van der Waals surface area contributed by atoms with E-state index in [9.17, 15) is 0 Å². The van der Waals surface area contributed by atoms with Crippen LogP contribution in [0, 0.1) is 0 Å². The summed E-state index contributed by atoms with van der Waals surface area (Å²) in [4.78, 5) is 0. The van der Waals surface area contributed by atoms with E-state index < -0.39 is 7.82 Å². The second-order valence-corrected chi connectivity index (χ2v) is 29.7. The maximum Gasteiger partial charge on any atom is 0.647 e. The molecule has 0 atom stereocenters. The van der Waals surface area contributed by atoms with Gasteiger partial charge in [-0.15, -0.1) is 0 Å². The number of phosphoric ester groups is 1. The predicted molar refractivity (Wildman–Crippen MR) is 415 cm³/mol. The summed E-state index contributed by atoms with van der Waals surface area (Å²) >= 11 is 0. The van der Waals surface area contributed by atoms with Gasteiger partial charge in [-0.05, 0) is 145 Å². The highest BCUT2D eigenvalue weighted by molar-refractivity contribution is 7.49. The molecule has 524 valence electrons. The number of rotatable bonds is 57. The lowest BCUT2D eigenvalue weighted by atomic mass is 9.88. The molecule has 0 amide bonds. The number of hydrogen-bond donors (Lipinski definition) is 0. The number of hydrogen-bond acceptors (Lipinski definition) is 4. The molecule has 0 N–H and O–H groups in total. The minimum absolute atomic E-state index is 0.612. The SMILES string of the molecule is CCCCCCCCCc1ccc(OP(=O)(Oc2ccc(CCCCCCCCC)c(-c3ccccc3)c2CCCCCCCCC)Oc2ccc(CCCCCCCCC)c(-c3ccccc3)c2CCCCCCCCC)c(CCCCCCCCC)c1-c1ccccc1. The molecule has 6 rings (SSSR count). The van der Waals surface area contributed by atoms with E-state index in [1.165, 1.54) is 262 Å². The molecule has 0 spiro atoms. The largest absolute Gasteiger partial charge is 0.647 e. The van der Waals surface area contributed by atoms with Crippen molar-refractivity contribution >= 4 is 7.82 Å². The molecule has 0 radical (unpaired) electrons. The van der Waals surface area contributed by atoms with Crippen LogP contribution in [-0.2, 0) is 43.1 Å². The predicted octanol–water partition coefficient (Wildman–Crippen LogP) is 30.1. The van der Waals surface area contributed by atoms with Crippen LogP contribution in [0.15, 0.2) is 127 Å². The van der Waals surface area contributed by atoms with Gasteiger partial charge in [-0.3, -0.25) is 0 Å². The summed E-state index contributed by atoms with van der Waals surface area (Å²) < 4.78 is 40.1.